The summed E-state index contributed by atoms with van der Waals surface area (Å²) >= 11 is 0. The summed E-state index contributed by atoms with van der Waals surface area (Å²) in [6.45, 7) is 0.562. The molecule has 1 aromatic heterocycles. The average Bonchev–Trinajstić information content (AvgIpc) is 3.49. The van der Waals surface area contributed by atoms with Crippen molar-refractivity contribution in [3.8, 4) is 16.9 Å². The van der Waals surface area contributed by atoms with Gasteiger partial charge < -0.3 is 19.5 Å². The van der Waals surface area contributed by atoms with Crippen molar-refractivity contribution in [3.63, 3.8) is 0 Å². The first kappa shape index (κ1) is 21.5. The predicted octanol–water partition coefficient (Wildman–Crippen LogP) is 2.74. The predicted molar refractivity (Wildman–Crippen MR) is 113 cm³/mol. The van der Waals surface area contributed by atoms with Gasteiger partial charge in [0.1, 0.15) is 16.7 Å². The highest BCUT2D eigenvalue weighted by Gasteiger charge is 2.25. The Hall–Kier alpha value is -2.19. The summed E-state index contributed by atoms with van der Waals surface area (Å²) in [6, 6.07) is 3.03. The number of nitrogens with one attached hydrogen (secondary N) is 1. The molecular weight excluding hydrogens is 395 g/mol. The summed E-state index contributed by atoms with van der Waals surface area (Å²) in [5.74, 6) is 0.512. The third kappa shape index (κ3) is 4.53. The topological polar surface area (TPSA) is 91.8 Å². The molecule has 0 spiro atoms. The molecule has 0 aliphatic heterocycles. The van der Waals surface area contributed by atoms with Crippen molar-refractivity contribution in [2.24, 2.45) is 13.0 Å². The van der Waals surface area contributed by atoms with E-state index in [1.165, 1.54) is 12.3 Å². The molecule has 2 aliphatic rings. The van der Waals surface area contributed by atoms with Gasteiger partial charge >= 0.3 is 0 Å². The van der Waals surface area contributed by atoms with E-state index in [2.05, 4.69) is 4.72 Å². The molecule has 1 aromatic carbocycles. The van der Waals surface area contributed by atoms with Crippen LogP contribution in [0.2, 0.25) is 0 Å². The van der Waals surface area contributed by atoms with E-state index in [9.17, 15) is 13.4 Å². The first-order valence-electron chi connectivity index (χ1n) is 9.72. The van der Waals surface area contributed by atoms with Crippen LogP contribution in [0.15, 0.2) is 23.1 Å². The van der Waals surface area contributed by atoms with Gasteiger partial charge in [-0.05, 0) is 56.1 Å². The van der Waals surface area contributed by atoms with E-state index in [0.29, 0.717) is 18.3 Å². The third-order valence-corrected chi connectivity index (χ3v) is 5.99. The number of halogens is 1. The van der Waals surface area contributed by atoms with Gasteiger partial charge in [-0.25, -0.2) is 8.60 Å². The van der Waals surface area contributed by atoms with Crippen LogP contribution in [-0.2, 0) is 30.9 Å². The number of benzene rings is 1. The minimum atomic E-state index is -1.40. The molecule has 1 atom stereocenters. The largest absolute Gasteiger partial charge is 0.493 e. The normalized spacial score (nSPS) is 16.5. The van der Waals surface area contributed by atoms with Crippen LogP contribution in [0.25, 0.3) is 11.1 Å². The molecule has 1 fully saturated rings. The van der Waals surface area contributed by atoms with Crippen LogP contribution in [0, 0.1) is 11.7 Å². The fourth-order valence-electron chi connectivity index (χ4n) is 3.82. The molecule has 6 nitrogen and oxygen atoms in total. The minimum absolute atomic E-state index is 0. The maximum absolute atomic E-state index is 14.6. The summed E-state index contributed by atoms with van der Waals surface area (Å²) in [5, 5.41) is 0. The molecule has 4 rings (SSSR count). The van der Waals surface area contributed by atoms with Crippen molar-refractivity contribution in [3.05, 3.63) is 45.6 Å². The van der Waals surface area contributed by atoms with E-state index in [0.717, 1.165) is 60.8 Å². The second-order valence-electron chi connectivity index (χ2n) is 7.76. The summed E-state index contributed by atoms with van der Waals surface area (Å²) in [5.41, 5.74) is 3.72. The second kappa shape index (κ2) is 8.67. The van der Waals surface area contributed by atoms with Crippen LogP contribution in [-0.4, -0.2) is 27.1 Å². The van der Waals surface area contributed by atoms with Crippen LogP contribution < -0.4 is 15.0 Å². The molecule has 8 heteroatoms. The monoisotopic (exact) mass is 422 g/mol. The molecule has 0 amide bonds. The van der Waals surface area contributed by atoms with Crippen molar-refractivity contribution < 1.29 is 18.8 Å². The van der Waals surface area contributed by atoms with Gasteiger partial charge in [0.05, 0.1) is 12.3 Å². The van der Waals surface area contributed by atoms with E-state index in [1.54, 1.807) is 17.7 Å². The average molecular weight is 423 g/mol. The molecule has 0 bridgehead atoms. The fourth-order valence-corrected chi connectivity index (χ4v) is 4.29. The highest BCUT2D eigenvalue weighted by atomic mass is 32.2. The zero-order chi connectivity index (χ0) is 19.8. The number of ether oxygens (including phenoxy) is 1. The van der Waals surface area contributed by atoms with Crippen LogP contribution in [0.5, 0.6) is 5.75 Å². The van der Waals surface area contributed by atoms with E-state index in [4.69, 9.17) is 4.74 Å². The van der Waals surface area contributed by atoms with Crippen LogP contribution in [0.3, 0.4) is 0 Å². The highest BCUT2D eigenvalue weighted by molar-refractivity contribution is 7.85. The summed E-state index contributed by atoms with van der Waals surface area (Å²) < 4.78 is 36.5. The number of rotatable bonds is 6. The molecule has 3 N–H and O–H groups in total. The highest BCUT2D eigenvalue weighted by Crippen LogP contribution is 2.40. The smallest absolute Gasteiger partial charge is 0.253 e. The second-order valence-corrected chi connectivity index (χ2v) is 8.87. The Balaban J connectivity index is 0.00000240. The Morgan fingerprint density at radius 1 is 1.21 bits per heavy atom. The zero-order valence-corrected chi connectivity index (χ0v) is 17.5. The number of hydrogen-bond donors (Lipinski definition) is 1. The van der Waals surface area contributed by atoms with E-state index >= 15 is 0 Å². The summed E-state index contributed by atoms with van der Waals surface area (Å²) in [6.07, 6.45) is 9.17. The third-order valence-electron chi connectivity index (χ3n) is 5.48. The molecule has 1 unspecified atom stereocenters. The lowest BCUT2D eigenvalue weighted by Crippen LogP contribution is -2.25. The Bertz CT molecular complexity index is 1000. The lowest BCUT2D eigenvalue weighted by Gasteiger charge is -2.22. The minimum Gasteiger partial charge on any atom is -0.493 e. The standard InChI is InChI=1S/C21H25FN2O3S.H2O/c1-24-11-17(14-5-3-4-6-15(14)21(24)25)16-9-19(23-28(2)26)18(22)10-20(16)27-12-13-7-8-13;/h9-11,13,23H,3-8,12H2,1-2H3;1H2. The molecule has 1 saturated carbocycles. The molecule has 0 radical (unpaired) electrons. The van der Waals surface area contributed by atoms with Crippen LogP contribution in [0.1, 0.15) is 36.8 Å². The molecular formula is C21H27FN2O4S. The first-order valence-corrected chi connectivity index (χ1v) is 11.3. The Morgan fingerprint density at radius 3 is 2.55 bits per heavy atom. The molecule has 1 heterocycles. The van der Waals surface area contributed by atoms with Crippen LogP contribution >= 0.6 is 0 Å². The quantitative estimate of drug-likeness (QED) is 0.776. The van der Waals surface area contributed by atoms with Gasteiger partial charge in [0.15, 0.2) is 5.82 Å². The van der Waals surface area contributed by atoms with E-state index < -0.39 is 16.8 Å². The molecule has 158 valence electrons. The van der Waals surface area contributed by atoms with Gasteiger partial charge in [0.2, 0.25) is 0 Å². The van der Waals surface area contributed by atoms with Crippen molar-refractivity contribution in [1.29, 1.82) is 0 Å². The number of aromatic nitrogens is 1. The Labute approximate surface area is 172 Å². The van der Waals surface area contributed by atoms with E-state index in [-0.39, 0.29) is 16.7 Å². The maximum atomic E-state index is 14.6. The molecule has 2 aromatic rings. The molecule has 0 saturated heterocycles. The lowest BCUT2D eigenvalue weighted by molar-refractivity contribution is 0.299. The van der Waals surface area contributed by atoms with E-state index in [1.807, 2.05) is 6.20 Å². The number of nitrogens with zero attached hydrogens (tertiary/aromatic N) is 1. The summed E-state index contributed by atoms with van der Waals surface area (Å²) in [7, 11) is 0.350. The number of aryl methyl sites for hydroxylation is 1. The maximum Gasteiger partial charge on any atom is 0.253 e. The Kier molecular flexibility index (Phi) is 6.43. The summed E-state index contributed by atoms with van der Waals surface area (Å²) in [4.78, 5) is 12.6. The van der Waals surface area contributed by atoms with Crippen LogP contribution in [0.4, 0.5) is 10.1 Å². The molecule has 2 aliphatic carbocycles. The zero-order valence-electron chi connectivity index (χ0n) is 16.7. The fraction of sp³-hybridized carbons (Fsp3) is 0.476. The van der Waals surface area contributed by atoms with Gasteiger partial charge in [0, 0.05) is 42.3 Å². The lowest BCUT2D eigenvalue weighted by atomic mass is 9.87. The van der Waals surface area contributed by atoms with Crippen molar-refractivity contribution >= 4 is 16.7 Å². The SMILES string of the molecule is Cn1cc(-c2cc(NS(C)=O)c(F)cc2OCC2CC2)c2c(c1=O)CCCC2.O. The number of pyridine rings is 1. The van der Waals surface area contributed by atoms with Gasteiger partial charge in [0.25, 0.3) is 5.56 Å². The molecule has 29 heavy (non-hydrogen) atoms. The van der Waals surface area contributed by atoms with Crippen molar-refractivity contribution in [2.75, 3.05) is 17.6 Å². The van der Waals surface area contributed by atoms with Gasteiger partial charge in [-0.2, -0.15) is 0 Å². The first-order chi connectivity index (χ1) is 13.4. The van der Waals surface area contributed by atoms with Gasteiger partial charge in [-0.1, -0.05) is 0 Å². The van der Waals surface area contributed by atoms with Crippen molar-refractivity contribution in [2.45, 2.75) is 38.5 Å². The Morgan fingerprint density at radius 2 is 1.90 bits per heavy atom. The number of fused-ring (bicyclic) bond motifs is 1. The number of hydrogen-bond acceptors (Lipinski definition) is 3. The van der Waals surface area contributed by atoms with Gasteiger partial charge in [-0.3, -0.25) is 4.79 Å². The number of anilines is 1. The van der Waals surface area contributed by atoms with Gasteiger partial charge in [-0.15, -0.1) is 0 Å². The van der Waals surface area contributed by atoms with Crippen molar-refractivity contribution in [1.82, 2.24) is 4.57 Å².